The van der Waals surface area contributed by atoms with E-state index in [1.54, 1.807) is 32.2 Å². The van der Waals surface area contributed by atoms with Crippen LogP contribution >= 0.6 is 0 Å². The summed E-state index contributed by atoms with van der Waals surface area (Å²) in [5, 5.41) is 3.79. The monoisotopic (exact) mass is 412 g/mol. The number of hydrogen-bond donors (Lipinski definition) is 1. The largest absolute Gasteiger partial charge is 0.337 e. The van der Waals surface area contributed by atoms with Gasteiger partial charge in [0.1, 0.15) is 10.9 Å². The Balaban J connectivity index is 1.94. The SMILES string of the molecule is CC(C)C(NS(=O)(=O)c1ccc(F)c(F)c1F)c1nc(-c2cccnc2)no1. The van der Waals surface area contributed by atoms with Gasteiger partial charge in [-0.1, -0.05) is 19.0 Å². The average molecular weight is 412 g/mol. The Morgan fingerprint density at radius 2 is 1.86 bits per heavy atom. The van der Waals surface area contributed by atoms with Crippen molar-refractivity contribution in [1.29, 1.82) is 0 Å². The summed E-state index contributed by atoms with van der Waals surface area (Å²) in [5.41, 5.74) is 0.550. The van der Waals surface area contributed by atoms with Gasteiger partial charge in [0.05, 0.1) is 0 Å². The van der Waals surface area contributed by atoms with Crippen LogP contribution in [0.2, 0.25) is 0 Å². The summed E-state index contributed by atoms with van der Waals surface area (Å²) < 4.78 is 72.9. The van der Waals surface area contributed by atoms with Gasteiger partial charge in [-0.25, -0.2) is 21.6 Å². The molecular formula is C17H15F3N4O3S. The van der Waals surface area contributed by atoms with Crippen molar-refractivity contribution in [3.8, 4) is 11.4 Å². The van der Waals surface area contributed by atoms with Gasteiger partial charge in [-0.3, -0.25) is 4.98 Å². The van der Waals surface area contributed by atoms with Gasteiger partial charge in [0.2, 0.25) is 21.7 Å². The van der Waals surface area contributed by atoms with Gasteiger partial charge in [-0.05, 0) is 30.2 Å². The third-order valence-electron chi connectivity index (χ3n) is 3.87. The van der Waals surface area contributed by atoms with Gasteiger partial charge in [-0.2, -0.15) is 9.71 Å². The van der Waals surface area contributed by atoms with Crippen molar-refractivity contribution in [1.82, 2.24) is 19.8 Å². The highest BCUT2D eigenvalue weighted by atomic mass is 32.2. The second kappa shape index (κ2) is 7.68. The number of halogens is 3. The number of pyridine rings is 1. The molecule has 0 saturated carbocycles. The molecule has 1 unspecified atom stereocenters. The first-order chi connectivity index (χ1) is 13.2. The third kappa shape index (κ3) is 3.90. The molecule has 3 aromatic rings. The van der Waals surface area contributed by atoms with Gasteiger partial charge in [0, 0.05) is 18.0 Å². The van der Waals surface area contributed by atoms with E-state index < -0.39 is 38.4 Å². The second-order valence-electron chi connectivity index (χ2n) is 6.21. The summed E-state index contributed by atoms with van der Waals surface area (Å²) in [6.45, 7) is 3.34. The molecule has 1 aromatic carbocycles. The molecule has 0 amide bonds. The number of nitrogens with one attached hydrogen (secondary N) is 1. The summed E-state index contributed by atoms with van der Waals surface area (Å²) in [6, 6.07) is 3.50. The summed E-state index contributed by atoms with van der Waals surface area (Å²) in [4.78, 5) is 7.07. The lowest BCUT2D eigenvalue weighted by Gasteiger charge is -2.18. The molecule has 1 N–H and O–H groups in total. The van der Waals surface area contributed by atoms with E-state index in [0.717, 1.165) is 0 Å². The Morgan fingerprint density at radius 1 is 1.11 bits per heavy atom. The summed E-state index contributed by atoms with van der Waals surface area (Å²) in [6.07, 6.45) is 3.06. The number of sulfonamides is 1. The third-order valence-corrected chi connectivity index (χ3v) is 5.32. The minimum absolute atomic E-state index is 0.0691. The molecule has 0 spiro atoms. The van der Waals surface area contributed by atoms with Crippen LogP contribution in [0.15, 0.2) is 46.1 Å². The van der Waals surface area contributed by atoms with Crippen molar-refractivity contribution in [2.45, 2.75) is 24.8 Å². The predicted octanol–water partition coefficient (Wildman–Crippen LogP) is 3.22. The van der Waals surface area contributed by atoms with Crippen molar-refractivity contribution >= 4 is 10.0 Å². The number of benzene rings is 1. The molecule has 11 heteroatoms. The molecule has 0 aliphatic rings. The molecule has 1 atom stereocenters. The Labute approximate surface area is 158 Å². The van der Waals surface area contributed by atoms with Crippen LogP contribution in [-0.2, 0) is 10.0 Å². The van der Waals surface area contributed by atoms with E-state index in [1.165, 1.54) is 6.20 Å². The number of hydrogen-bond acceptors (Lipinski definition) is 6. The Morgan fingerprint density at radius 3 is 2.50 bits per heavy atom. The minimum atomic E-state index is -4.55. The van der Waals surface area contributed by atoms with Crippen LogP contribution < -0.4 is 4.72 Å². The van der Waals surface area contributed by atoms with E-state index in [0.29, 0.717) is 17.7 Å². The quantitative estimate of drug-likeness (QED) is 0.625. The summed E-state index contributed by atoms with van der Waals surface area (Å²) in [5.74, 6) is -5.44. The van der Waals surface area contributed by atoms with Crippen LogP contribution in [0.25, 0.3) is 11.4 Å². The molecule has 0 radical (unpaired) electrons. The molecule has 2 aromatic heterocycles. The highest BCUT2D eigenvalue weighted by Crippen LogP contribution is 2.27. The van der Waals surface area contributed by atoms with Crippen molar-refractivity contribution < 1.29 is 26.1 Å². The maximum Gasteiger partial charge on any atom is 0.245 e. The maximum atomic E-state index is 13.9. The lowest BCUT2D eigenvalue weighted by Crippen LogP contribution is -2.32. The molecular weight excluding hydrogens is 397 g/mol. The van der Waals surface area contributed by atoms with Crippen molar-refractivity contribution in [3.63, 3.8) is 0 Å². The Kier molecular flexibility index (Phi) is 5.47. The molecule has 148 valence electrons. The van der Waals surface area contributed by atoms with Crippen molar-refractivity contribution in [3.05, 3.63) is 60.0 Å². The van der Waals surface area contributed by atoms with Crippen LogP contribution in [0.4, 0.5) is 13.2 Å². The molecule has 3 rings (SSSR count). The number of aromatic nitrogens is 3. The van der Waals surface area contributed by atoms with Crippen LogP contribution in [-0.4, -0.2) is 23.5 Å². The molecule has 28 heavy (non-hydrogen) atoms. The van der Waals surface area contributed by atoms with Gasteiger partial charge in [-0.15, -0.1) is 0 Å². The zero-order chi connectivity index (χ0) is 20.5. The molecule has 0 aliphatic carbocycles. The zero-order valence-corrected chi connectivity index (χ0v) is 15.5. The van der Waals surface area contributed by atoms with Gasteiger partial charge >= 0.3 is 0 Å². The fraction of sp³-hybridized carbons (Fsp3) is 0.235. The smallest absolute Gasteiger partial charge is 0.245 e. The summed E-state index contributed by atoms with van der Waals surface area (Å²) >= 11 is 0. The highest BCUT2D eigenvalue weighted by molar-refractivity contribution is 7.89. The molecule has 0 bridgehead atoms. The standard InChI is InChI=1S/C17H15F3N4O3S/c1-9(2)15(17-22-16(23-27-17)10-4-3-7-21-8-10)24-28(25,26)12-6-5-11(18)13(19)14(12)20/h3-9,15,24H,1-2H3. The predicted molar refractivity (Wildman–Crippen MR) is 91.7 cm³/mol. The van der Waals surface area contributed by atoms with Crippen molar-refractivity contribution in [2.24, 2.45) is 5.92 Å². The van der Waals surface area contributed by atoms with E-state index in [1.807, 2.05) is 0 Å². The first-order valence-corrected chi connectivity index (χ1v) is 9.59. The lowest BCUT2D eigenvalue weighted by molar-refractivity contribution is 0.311. The molecule has 0 saturated heterocycles. The normalized spacial score (nSPS) is 13.1. The molecule has 7 nitrogen and oxygen atoms in total. The Bertz CT molecular complexity index is 1090. The second-order valence-corrected chi connectivity index (χ2v) is 7.90. The summed E-state index contributed by atoms with van der Waals surface area (Å²) in [7, 11) is -4.55. The number of nitrogens with zero attached hydrogens (tertiary/aromatic N) is 3. The Hall–Kier alpha value is -2.79. The minimum Gasteiger partial charge on any atom is -0.337 e. The fourth-order valence-corrected chi connectivity index (χ4v) is 3.80. The van der Waals surface area contributed by atoms with E-state index in [9.17, 15) is 21.6 Å². The maximum absolute atomic E-state index is 13.9. The molecule has 0 aliphatic heterocycles. The lowest BCUT2D eigenvalue weighted by atomic mass is 10.1. The van der Waals surface area contributed by atoms with Crippen LogP contribution in [0.3, 0.4) is 0 Å². The zero-order valence-electron chi connectivity index (χ0n) is 14.7. The van der Waals surface area contributed by atoms with E-state index in [4.69, 9.17) is 4.52 Å². The van der Waals surface area contributed by atoms with Crippen molar-refractivity contribution in [2.75, 3.05) is 0 Å². The van der Waals surface area contributed by atoms with Gasteiger partial charge < -0.3 is 4.52 Å². The van der Waals surface area contributed by atoms with Gasteiger partial charge in [0.25, 0.3) is 0 Å². The van der Waals surface area contributed by atoms with Crippen LogP contribution in [0.5, 0.6) is 0 Å². The van der Waals surface area contributed by atoms with E-state index in [2.05, 4.69) is 19.8 Å². The number of rotatable bonds is 6. The highest BCUT2D eigenvalue weighted by Gasteiger charge is 2.31. The molecule has 2 heterocycles. The van der Waals surface area contributed by atoms with Crippen LogP contribution in [0.1, 0.15) is 25.8 Å². The fourth-order valence-electron chi connectivity index (χ4n) is 2.39. The average Bonchev–Trinajstić information content (AvgIpc) is 3.14. The first-order valence-electron chi connectivity index (χ1n) is 8.10. The van der Waals surface area contributed by atoms with Gasteiger partial charge in [0.15, 0.2) is 17.5 Å². The topological polar surface area (TPSA) is 98.0 Å². The van der Waals surface area contributed by atoms with Crippen LogP contribution in [0, 0.1) is 23.4 Å². The first kappa shape index (κ1) is 20.0. The van der Waals surface area contributed by atoms with E-state index >= 15 is 0 Å². The molecule has 0 fully saturated rings. The van der Waals surface area contributed by atoms with E-state index in [-0.39, 0.29) is 17.6 Å².